The molecule has 0 aromatic heterocycles. The van der Waals surface area contributed by atoms with E-state index < -0.39 is 5.60 Å². The van der Waals surface area contributed by atoms with E-state index >= 15 is 0 Å². The van der Waals surface area contributed by atoms with Crippen LogP contribution in [0.5, 0.6) is 11.5 Å². The summed E-state index contributed by atoms with van der Waals surface area (Å²) < 4.78 is 6.61. The Hall–Kier alpha value is -2.23. The highest BCUT2D eigenvalue weighted by Gasteiger charge is 2.68. The number of fused-ring (bicyclic) bond motifs is 2. The van der Waals surface area contributed by atoms with Crippen molar-refractivity contribution in [1.29, 1.82) is 0 Å². The number of phenols is 2. The summed E-state index contributed by atoms with van der Waals surface area (Å²) in [7, 11) is 0. The molecule has 1 unspecified atom stereocenters. The highest BCUT2D eigenvalue weighted by molar-refractivity contribution is 5.93. The average molecular weight is 451 g/mol. The summed E-state index contributed by atoms with van der Waals surface area (Å²) >= 11 is 0. The SMILES string of the molecule is Cc1ccc2c(C)c(O)c(O)cc2c1CC[C@]12OC(=O)[C@]3(C)CC[C@](C)(CCC1(C)C)C2C3. The summed E-state index contributed by atoms with van der Waals surface area (Å²) in [4.78, 5) is 13.4. The van der Waals surface area contributed by atoms with Gasteiger partial charge in [0.25, 0.3) is 0 Å². The van der Waals surface area contributed by atoms with Gasteiger partial charge >= 0.3 is 5.97 Å². The lowest BCUT2D eigenvalue weighted by Crippen LogP contribution is -2.68. The molecule has 4 nitrogen and oxygen atoms in total. The van der Waals surface area contributed by atoms with Crippen LogP contribution in [0.15, 0.2) is 18.2 Å². The Labute approximate surface area is 197 Å². The maximum absolute atomic E-state index is 13.4. The Morgan fingerprint density at radius 1 is 1.00 bits per heavy atom. The first-order chi connectivity index (χ1) is 15.3. The van der Waals surface area contributed by atoms with Gasteiger partial charge in [-0.2, -0.15) is 0 Å². The Balaban J connectivity index is 1.60. The summed E-state index contributed by atoms with van der Waals surface area (Å²) in [5.74, 6) is 0.217. The predicted molar refractivity (Wildman–Crippen MR) is 130 cm³/mol. The van der Waals surface area contributed by atoms with E-state index in [2.05, 4.69) is 40.7 Å². The number of rotatable bonds is 3. The highest BCUT2D eigenvalue weighted by Crippen LogP contribution is 2.68. The van der Waals surface area contributed by atoms with Crippen molar-refractivity contribution in [3.63, 3.8) is 0 Å². The second kappa shape index (κ2) is 6.90. The smallest absolute Gasteiger partial charge is 0.312 e. The average Bonchev–Trinajstić information content (AvgIpc) is 2.75. The molecule has 2 bridgehead atoms. The number of carbonyl (C=O) groups excluding carboxylic acids is 1. The van der Waals surface area contributed by atoms with Gasteiger partial charge in [0.1, 0.15) is 5.60 Å². The molecule has 178 valence electrons. The van der Waals surface area contributed by atoms with E-state index in [0.717, 1.165) is 54.9 Å². The molecule has 0 amide bonds. The molecule has 3 fully saturated rings. The van der Waals surface area contributed by atoms with Crippen LogP contribution in [-0.2, 0) is 16.0 Å². The lowest BCUT2D eigenvalue weighted by Gasteiger charge is -2.67. The minimum absolute atomic E-state index is 0.0103. The summed E-state index contributed by atoms with van der Waals surface area (Å²) in [6.07, 6.45) is 6.76. The lowest BCUT2D eigenvalue weighted by atomic mass is 9.43. The molecule has 2 aromatic carbocycles. The Morgan fingerprint density at radius 2 is 1.70 bits per heavy atom. The van der Waals surface area contributed by atoms with Crippen molar-refractivity contribution in [2.24, 2.45) is 22.2 Å². The number of benzene rings is 2. The van der Waals surface area contributed by atoms with Crippen LogP contribution in [0.4, 0.5) is 0 Å². The standard InChI is InChI=1S/C29H38O4/c1-17-7-8-20-18(2)24(31)22(30)15-21(20)19(17)9-10-29-23-16-28(6,25(32)33-29)14-13-27(23,5)12-11-26(29,3)4/h7-8,15,23,30-31H,9-14,16H2,1-6H3/t23?,27-,28+,29+/m0/s1. The maximum Gasteiger partial charge on any atom is 0.312 e. The van der Waals surface area contributed by atoms with Crippen molar-refractivity contribution in [1.82, 2.24) is 0 Å². The van der Waals surface area contributed by atoms with Crippen molar-refractivity contribution in [2.45, 2.75) is 92.1 Å². The van der Waals surface area contributed by atoms with Gasteiger partial charge in [0.15, 0.2) is 11.5 Å². The van der Waals surface area contributed by atoms with Crippen molar-refractivity contribution >= 4 is 16.7 Å². The monoisotopic (exact) mass is 450 g/mol. The van der Waals surface area contributed by atoms with Crippen LogP contribution < -0.4 is 0 Å². The van der Waals surface area contributed by atoms with Gasteiger partial charge in [0.05, 0.1) is 5.41 Å². The topological polar surface area (TPSA) is 66.8 Å². The first-order valence-corrected chi connectivity index (χ1v) is 12.5. The van der Waals surface area contributed by atoms with E-state index in [0.29, 0.717) is 11.5 Å². The highest BCUT2D eigenvalue weighted by atomic mass is 16.6. The van der Waals surface area contributed by atoms with Crippen molar-refractivity contribution in [2.75, 3.05) is 0 Å². The quantitative estimate of drug-likeness (QED) is 0.402. The molecular formula is C29H38O4. The van der Waals surface area contributed by atoms with E-state index in [1.807, 2.05) is 13.0 Å². The van der Waals surface area contributed by atoms with Crippen molar-refractivity contribution < 1.29 is 19.7 Å². The molecule has 1 heterocycles. The molecule has 1 saturated heterocycles. The van der Waals surface area contributed by atoms with Crippen LogP contribution in [0.1, 0.15) is 82.9 Å². The first kappa shape index (κ1) is 22.6. The van der Waals surface area contributed by atoms with Gasteiger partial charge in [-0.1, -0.05) is 32.9 Å². The second-order valence-electron chi connectivity index (χ2n) is 12.5. The molecular weight excluding hydrogens is 412 g/mol. The molecule has 3 aliphatic rings. The van der Waals surface area contributed by atoms with Crippen LogP contribution in [0.3, 0.4) is 0 Å². The third kappa shape index (κ3) is 2.98. The van der Waals surface area contributed by atoms with Crippen LogP contribution in [0.25, 0.3) is 10.8 Å². The summed E-state index contributed by atoms with van der Waals surface area (Å²) in [6, 6.07) is 5.81. The zero-order valence-corrected chi connectivity index (χ0v) is 21.0. The Morgan fingerprint density at radius 3 is 2.42 bits per heavy atom. The van der Waals surface area contributed by atoms with Crippen LogP contribution in [0.2, 0.25) is 0 Å². The fourth-order valence-corrected chi connectivity index (χ4v) is 7.52. The zero-order valence-electron chi connectivity index (χ0n) is 21.0. The minimum atomic E-state index is -0.486. The van der Waals surface area contributed by atoms with Gasteiger partial charge in [-0.25, -0.2) is 0 Å². The maximum atomic E-state index is 13.4. The van der Waals surface area contributed by atoms with Crippen LogP contribution >= 0.6 is 0 Å². The number of phenolic OH excluding ortho intramolecular Hbond substituents is 2. The first-order valence-electron chi connectivity index (χ1n) is 12.5. The molecule has 5 rings (SSSR count). The number of esters is 1. The van der Waals surface area contributed by atoms with E-state index in [1.54, 1.807) is 6.07 Å². The fourth-order valence-electron chi connectivity index (χ4n) is 7.52. The van der Waals surface area contributed by atoms with E-state index in [9.17, 15) is 15.0 Å². The van der Waals surface area contributed by atoms with Gasteiger partial charge in [0.2, 0.25) is 0 Å². The molecule has 2 aliphatic carbocycles. The molecule has 0 radical (unpaired) electrons. The van der Waals surface area contributed by atoms with Gasteiger partial charge in [0, 0.05) is 16.9 Å². The molecule has 2 saturated carbocycles. The lowest BCUT2D eigenvalue weighted by molar-refractivity contribution is -0.268. The molecule has 0 spiro atoms. The van der Waals surface area contributed by atoms with E-state index in [4.69, 9.17) is 4.74 Å². The number of aryl methyl sites for hydroxylation is 3. The van der Waals surface area contributed by atoms with E-state index in [1.165, 1.54) is 12.0 Å². The zero-order chi connectivity index (χ0) is 24.0. The summed E-state index contributed by atoms with van der Waals surface area (Å²) in [5.41, 5.74) is 2.31. The predicted octanol–water partition coefficient (Wildman–Crippen LogP) is 6.73. The third-order valence-corrected chi connectivity index (χ3v) is 10.2. The van der Waals surface area contributed by atoms with Crippen molar-refractivity contribution in [3.05, 3.63) is 34.9 Å². The van der Waals surface area contributed by atoms with E-state index in [-0.39, 0.29) is 33.7 Å². The van der Waals surface area contributed by atoms with Gasteiger partial charge in [-0.3, -0.25) is 4.79 Å². The van der Waals surface area contributed by atoms with Gasteiger partial charge < -0.3 is 14.9 Å². The number of hydrogen-bond donors (Lipinski definition) is 2. The number of carbonyl (C=O) groups is 1. The number of hydrogen-bond acceptors (Lipinski definition) is 4. The largest absolute Gasteiger partial charge is 0.504 e. The van der Waals surface area contributed by atoms with Crippen molar-refractivity contribution in [3.8, 4) is 11.5 Å². The van der Waals surface area contributed by atoms with Crippen LogP contribution in [-0.4, -0.2) is 21.8 Å². The Kier molecular flexibility index (Phi) is 4.71. The van der Waals surface area contributed by atoms with Crippen LogP contribution in [0, 0.1) is 36.0 Å². The minimum Gasteiger partial charge on any atom is -0.504 e. The normalized spacial score (nSPS) is 34.8. The molecule has 1 aliphatic heterocycles. The molecule has 4 atom stereocenters. The fraction of sp³-hybridized carbons (Fsp3) is 0.621. The molecule has 2 N–H and O–H groups in total. The second-order valence-corrected chi connectivity index (χ2v) is 12.5. The summed E-state index contributed by atoms with van der Waals surface area (Å²) in [5, 5.41) is 22.5. The third-order valence-electron chi connectivity index (χ3n) is 10.2. The summed E-state index contributed by atoms with van der Waals surface area (Å²) in [6.45, 7) is 13.1. The number of ether oxygens (including phenoxy) is 1. The molecule has 4 heteroatoms. The molecule has 2 aromatic rings. The Bertz CT molecular complexity index is 1160. The molecule has 33 heavy (non-hydrogen) atoms. The number of aromatic hydroxyl groups is 2. The van der Waals surface area contributed by atoms with Gasteiger partial charge in [-0.05, 0) is 99.1 Å². The van der Waals surface area contributed by atoms with Gasteiger partial charge in [-0.15, -0.1) is 0 Å².